The molecule has 0 aliphatic heterocycles. The molecule has 3 rings (SSSR count). The second kappa shape index (κ2) is 5.90. The number of fused-ring (bicyclic) bond motifs is 1. The summed E-state index contributed by atoms with van der Waals surface area (Å²) in [4.78, 5) is 12.0. The zero-order valence-electron chi connectivity index (χ0n) is 12.6. The van der Waals surface area contributed by atoms with Gasteiger partial charge in [0.15, 0.2) is 0 Å². The third-order valence-electron chi connectivity index (χ3n) is 3.54. The van der Waals surface area contributed by atoms with Crippen molar-refractivity contribution >= 4 is 22.6 Å². The van der Waals surface area contributed by atoms with E-state index in [0.717, 1.165) is 21.9 Å². The van der Waals surface area contributed by atoms with Crippen LogP contribution in [0.4, 0.5) is 10.5 Å². The Balaban J connectivity index is 1.78. The van der Waals surface area contributed by atoms with Gasteiger partial charge in [0.2, 0.25) is 0 Å². The van der Waals surface area contributed by atoms with E-state index in [0.29, 0.717) is 11.4 Å². The number of rotatable bonds is 2. The van der Waals surface area contributed by atoms with Crippen molar-refractivity contribution in [2.75, 3.05) is 5.32 Å². The maximum absolute atomic E-state index is 12.0. The van der Waals surface area contributed by atoms with Crippen LogP contribution in [-0.4, -0.2) is 6.09 Å². The Morgan fingerprint density at radius 3 is 2.23 bits per heavy atom. The molecule has 0 heterocycles. The van der Waals surface area contributed by atoms with Crippen molar-refractivity contribution in [1.82, 2.24) is 0 Å². The van der Waals surface area contributed by atoms with E-state index in [4.69, 9.17) is 4.74 Å². The molecule has 1 amide bonds. The highest BCUT2D eigenvalue weighted by molar-refractivity contribution is 5.89. The minimum absolute atomic E-state index is 0.484. The van der Waals surface area contributed by atoms with Gasteiger partial charge in [-0.3, -0.25) is 5.32 Å². The van der Waals surface area contributed by atoms with Crippen LogP contribution < -0.4 is 10.1 Å². The molecule has 0 saturated heterocycles. The van der Waals surface area contributed by atoms with Crippen LogP contribution in [0.2, 0.25) is 0 Å². The maximum Gasteiger partial charge on any atom is 0.417 e. The van der Waals surface area contributed by atoms with Crippen molar-refractivity contribution in [2.45, 2.75) is 13.8 Å². The van der Waals surface area contributed by atoms with Crippen LogP contribution >= 0.6 is 0 Å². The molecular formula is C19H17NO2. The molecule has 3 heteroatoms. The average Bonchev–Trinajstić information content (AvgIpc) is 2.50. The third kappa shape index (κ3) is 3.09. The number of ether oxygens (including phenoxy) is 1. The third-order valence-corrected chi connectivity index (χ3v) is 3.54. The Labute approximate surface area is 129 Å². The first-order valence-corrected chi connectivity index (χ1v) is 7.17. The first kappa shape index (κ1) is 14.1. The second-order valence-corrected chi connectivity index (χ2v) is 5.35. The van der Waals surface area contributed by atoms with Gasteiger partial charge in [0.25, 0.3) is 0 Å². The van der Waals surface area contributed by atoms with Crippen molar-refractivity contribution in [3.05, 3.63) is 71.8 Å². The van der Waals surface area contributed by atoms with Crippen molar-refractivity contribution in [3.8, 4) is 5.75 Å². The predicted octanol–water partition coefficient (Wildman–Crippen LogP) is 5.07. The zero-order valence-corrected chi connectivity index (χ0v) is 12.6. The van der Waals surface area contributed by atoms with Crippen LogP contribution in [-0.2, 0) is 0 Å². The van der Waals surface area contributed by atoms with E-state index >= 15 is 0 Å². The lowest BCUT2D eigenvalue weighted by atomic mass is 10.1. The molecule has 0 atom stereocenters. The van der Waals surface area contributed by atoms with E-state index in [9.17, 15) is 4.79 Å². The standard InChI is InChI=1S/C19H17NO2/c1-13-7-9-17(10-8-13)20-19(21)22-18-12-16-6-4-3-5-15(16)11-14(18)2/h3-12H,1-2H3,(H,20,21). The number of carbonyl (C=O) groups is 1. The number of hydrogen-bond donors (Lipinski definition) is 1. The molecule has 110 valence electrons. The van der Waals surface area contributed by atoms with Crippen LogP contribution in [0, 0.1) is 13.8 Å². The van der Waals surface area contributed by atoms with E-state index in [1.54, 1.807) is 0 Å². The number of aryl methyl sites for hydroxylation is 2. The largest absolute Gasteiger partial charge is 0.417 e. The quantitative estimate of drug-likeness (QED) is 0.716. The lowest BCUT2D eigenvalue weighted by Crippen LogP contribution is -2.17. The van der Waals surface area contributed by atoms with Crippen molar-refractivity contribution in [2.24, 2.45) is 0 Å². The fourth-order valence-electron chi connectivity index (χ4n) is 2.32. The molecule has 0 aliphatic rings. The van der Waals surface area contributed by atoms with Gasteiger partial charge in [-0.25, -0.2) is 4.79 Å². The summed E-state index contributed by atoms with van der Waals surface area (Å²) in [5.41, 5.74) is 2.79. The Kier molecular flexibility index (Phi) is 3.79. The molecule has 0 radical (unpaired) electrons. The number of amides is 1. The van der Waals surface area contributed by atoms with Gasteiger partial charge in [-0.1, -0.05) is 42.0 Å². The molecule has 0 aliphatic carbocycles. The summed E-state index contributed by atoms with van der Waals surface area (Å²) in [6, 6.07) is 19.5. The summed E-state index contributed by atoms with van der Waals surface area (Å²) in [6.45, 7) is 3.93. The smallest absolute Gasteiger partial charge is 0.410 e. The summed E-state index contributed by atoms with van der Waals surface area (Å²) in [5.74, 6) is 0.573. The number of carbonyl (C=O) groups excluding carboxylic acids is 1. The first-order chi connectivity index (χ1) is 10.6. The SMILES string of the molecule is Cc1ccc(NC(=O)Oc2cc3ccccc3cc2C)cc1. The molecule has 0 unspecified atom stereocenters. The van der Waals surface area contributed by atoms with Crippen molar-refractivity contribution < 1.29 is 9.53 Å². The number of nitrogens with one attached hydrogen (secondary N) is 1. The molecule has 0 spiro atoms. The maximum atomic E-state index is 12.0. The van der Waals surface area contributed by atoms with Gasteiger partial charge in [-0.2, -0.15) is 0 Å². The zero-order chi connectivity index (χ0) is 15.5. The average molecular weight is 291 g/mol. The highest BCUT2D eigenvalue weighted by atomic mass is 16.6. The molecular weight excluding hydrogens is 274 g/mol. The van der Waals surface area contributed by atoms with E-state index in [1.807, 2.05) is 74.5 Å². The van der Waals surface area contributed by atoms with Gasteiger partial charge in [-0.05, 0) is 54.4 Å². The number of anilines is 1. The van der Waals surface area contributed by atoms with Gasteiger partial charge >= 0.3 is 6.09 Å². The van der Waals surface area contributed by atoms with E-state index in [-0.39, 0.29) is 0 Å². The molecule has 1 N–H and O–H groups in total. The lowest BCUT2D eigenvalue weighted by molar-refractivity contribution is 0.215. The summed E-state index contributed by atoms with van der Waals surface area (Å²) in [7, 11) is 0. The lowest BCUT2D eigenvalue weighted by Gasteiger charge is -2.10. The molecule has 0 aromatic heterocycles. The topological polar surface area (TPSA) is 38.3 Å². The number of benzene rings is 3. The summed E-state index contributed by atoms with van der Waals surface area (Å²) in [5, 5.41) is 4.91. The van der Waals surface area contributed by atoms with Gasteiger partial charge in [0.1, 0.15) is 5.75 Å². The molecule has 0 fully saturated rings. The molecule has 22 heavy (non-hydrogen) atoms. The fraction of sp³-hybridized carbons (Fsp3) is 0.105. The normalized spacial score (nSPS) is 10.5. The van der Waals surface area contributed by atoms with Crippen LogP contribution in [0.3, 0.4) is 0 Å². The summed E-state index contributed by atoms with van der Waals surface area (Å²) >= 11 is 0. The Morgan fingerprint density at radius 1 is 0.909 bits per heavy atom. The Hall–Kier alpha value is -2.81. The summed E-state index contributed by atoms with van der Waals surface area (Å²) in [6.07, 6.45) is -0.484. The Morgan fingerprint density at radius 2 is 1.55 bits per heavy atom. The Bertz CT molecular complexity index is 822. The molecule has 3 nitrogen and oxygen atoms in total. The fourth-order valence-corrected chi connectivity index (χ4v) is 2.32. The number of hydrogen-bond acceptors (Lipinski definition) is 2. The predicted molar refractivity (Wildman–Crippen MR) is 89.5 cm³/mol. The van der Waals surface area contributed by atoms with E-state index < -0.39 is 6.09 Å². The van der Waals surface area contributed by atoms with Crippen LogP contribution in [0.15, 0.2) is 60.7 Å². The van der Waals surface area contributed by atoms with Gasteiger partial charge < -0.3 is 4.74 Å². The first-order valence-electron chi connectivity index (χ1n) is 7.17. The van der Waals surface area contributed by atoms with Gasteiger partial charge in [0, 0.05) is 5.69 Å². The van der Waals surface area contributed by atoms with Crippen LogP contribution in [0.5, 0.6) is 5.75 Å². The molecule has 0 saturated carbocycles. The van der Waals surface area contributed by atoms with E-state index in [2.05, 4.69) is 5.32 Å². The van der Waals surface area contributed by atoms with E-state index in [1.165, 1.54) is 0 Å². The van der Waals surface area contributed by atoms with Crippen molar-refractivity contribution in [3.63, 3.8) is 0 Å². The monoisotopic (exact) mass is 291 g/mol. The van der Waals surface area contributed by atoms with Crippen LogP contribution in [0.1, 0.15) is 11.1 Å². The molecule has 3 aromatic carbocycles. The summed E-state index contributed by atoms with van der Waals surface area (Å²) < 4.78 is 5.44. The minimum Gasteiger partial charge on any atom is -0.410 e. The highest BCUT2D eigenvalue weighted by Crippen LogP contribution is 2.25. The molecule has 0 bridgehead atoms. The minimum atomic E-state index is -0.484. The van der Waals surface area contributed by atoms with Crippen molar-refractivity contribution in [1.29, 1.82) is 0 Å². The highest BCUT2D eigenvalue weighted by Gasteiger charge is 2.08. The van der Waals surface area contributed by atoms with Gasteiger partial charge in [0.05, 0.1) is 0 Å². The second-order valence-electron chi connectivity index (χ2n) is 5.35. The van der Waals surface area contributed by atoms with Gasteiger partial charge in [-0.15, -0.1) is 0 Å². The van der Waals surface area contributed by atoms with Crippen LogP contribution in [0.25, 0.3) is 10.8 Å². The molecule has 3 aromatic rings.